The number of benzene rings is 1. The summed E-state index contributed by atoms with van der Waals surface area (Å²) in [5, 5.41) is 11.3. The lowest BCUT2D eigenvalue weighted by Crippen LogP contribution is -2.15. The van der Waals surface area contributed by atoms with Crippen molar-refractivity contribution in [2.75, 3.05) is 11.0 Å². The number of nitrogens with one attached hydrogen (secondary N) is 1. The number of ketones is 1. The molecule has 158 valence electrons. The molecule has 2 aromatic heterocycles. The van der Waals surface area contributed by atoms with Gasteiger partial charge in [0, 0.05) is 28.6 Å². The van der Waals surface area contributed by atoms with Gasteiger partial charge in [-0.15, -0.1) is 21.5 Å². The number of aromatic nitrogens is 3. The highest BCUT2D eigenvalue weighted by atomic mass is 32.2. The van der Waals surface area contributed by atoms with Gasteiger partial charge in [-0.25, -0.2) is 8.42 Å². The van der Waals surface area contributed by atoms with Crippen molar-refractivity contribution < 1.29 is 13.2 Å². The van der Waals surface area contributed by atoms with Crippen LogP contribution in [-0.2, 0) is 16.4 Å². The van der Waals surface area contributed by atoms with Crippen LogP contribution in [0.25, 0.3) is 0 Å². The second kappa shape index (κ2) is 8.52. The van der Waals surface area contributed by atoms with Crippen LogP contribution < -0.4 is 4.72 Å². The lowest BCUT2D eigenvalue weighted by molar-refractivity contribution is 0.0994. The predicted octanol–water partition coefficient (Wildman–Crippen LogP) is 4.00. The molecule has 0 radical (unpaired) electrons. The van der Waals surface area contributed by atoms with Crippen LogP contribution in [0, 0.1) is 0 Å². The monoisotopic (exact) mass is 462 g/mol. The van der Waals surface area contributed by atoms with Gasteiger partial charge in [-0.1, -0.05) is 17.8 Å². The van der Waals surface area contributed by atoms with Crippen molar-refractivity contribution in [2.24, 2.45) is 0 Å². The zero-order valence-corrected chi connectivity index (χ0v) is 19.1. The third-order valence-corrected chi connectivity index (χ3v) is 7.22. The van der Waals surface area contributed by atoms with Crippen LogP contribution in [0.3, 0.4) is 0 Å². The molecule has 0 aliphatic heterocycles. The molecule has 3 aromatic rings. The maximum atomic E-state index is 12.9. The van der Waals surface area contributed by atoms with Crippen LogP contribution in [0.15, 0.2) is 46.9 Å². The number of hydrogen-bond donors (Lipinski definition) is 1. The zero-order valence-electron chi connectivity index (χ0n) is 16.6. The standard InChI is InChI=1S/C20H22N4O3S3/c1-13(19(25)14-5-7-15(8-6-14)23-30(2,26)27)29-20-22-21-18(24(20)16-9-10-16)12-17-4-3-11-28-17/h3-8,11,13,16,23H,9-10,12H2,1-2H3/t13-/m0/s1. The third-order valence-electron chi connectivity index (χ3n) is 4.68. The summed E-state index contributed by atoms with van der Waals surface area (Å²) >= 11 is 3.12. The summed E-state index contributed by atoms with van der Waals surface area (Å²) in [6.45, 7) is 1.86. The first kappa shape index (κ1) is 21.1. The van der Waals surface area contributed by atoms with Gasteiger partial charge in [-0.2, -0.15) is 0 Å². The van der Waals surface area contributed by atoms with Gasteiger partial charge in [-0.3, -0.25) is 9.52 Å². The summed E-state index contributed by atoms with van der Waals surface area (Å²) < 4.78 is 27.2. The molecule has 7 nitrogen and oxygen atoms in total. The van der Waals surface area contributed by atoms with E-state index in [-0.39, 0.29) is 11.0 Å². The molecule has 0 bridgehead atoms. The Hall–Kier alpha value is -2.17. The summed E-state index contributed by atoms with van der Waals surface area (Å²) in [4.78, 5) is 14.1. The molecule has 1 aromatic carbocycles. The molecular formula is C20H22N4O3S3. The summed E-state index contributed by atoms with van der Waals surface area (Å²) in [5.41, 5.74) is 0.964. The van der Waals surface area contributed by atoms with Crippen molar-refractivity contribution in [2.45, 2.75) is 42.6 Å². The smallest absolute Gasteiger partial charge is 0.229 e. The van der Waals surface area contributed by atoms with Crippen LogP contribution in [-0.4, -0.2) is 40.5 Å². The number of nitrogens with zero attached hydrogens (tertiary/aromatic N) is 3. The molecular weight excluding hydrogens is 440 g/mol. The lowest BCUT2D eigenvalue weighted by atomic mass is 10.1. The van der Waals surface area contributed by atoms with Crippen molar-refractivity contribution in [3.8, 4) is 0 Å². The molecule has 4 rings (SSSR count). The Morgan fingerprint density at radius 1 is 1.27 bits per heavy atom. The van der Waals surface area contributed by atoms with E-state index in [1.807, 2.05) is 13.0 Å². The van der Waals surface area contributed by atoms with Gasteiger partial charge in [0.15, 0.2) is 10.9 Å². The number of hydrogen-bond acceptors (Lipinski definition) is 7. The fraction of sp³-hybridized carbons (Fsp3) is 0.350. The molecule has 1 N–H and O–H groups in total. The first-order chi connectivity index (χ1) is 14.3. The van der Waals surface area contributed by atoms with E-state index < -0.39 is 10.0 Å². The first-order valence-corrected chi connectivity index (χ1v) is 13.2. The maximum Gasteiger partial charge on any atom is 0.229 e. The Morgan fingerprint density at radius 3 is 2.60 bits per heavy atom. The minimum absolute atomic E-state index is 0.0314. The second-order valence-electron chi connectivity index (χ2n) is 7.33. The van der Waals surface area contributed by atoms with Gasteiger partial charge >= 0.3 is 0 Å². The van der Waals surface area contributed by atoms with E-state index in [1.54, 1.807) is 35.6 Å². The minimum Gasteiger partial charge on any atom is -0.303 e. The fourth-order valence-corrected chi connectivity index (χ4v) is 5.42. The number of Topliss-reactive ketones (excluding diaryl/α,β-unsaturated/α-hetero) is 1. The molecule has 0 saturated heterocycles. The molecule has 0 amide bonds. The van der Waals surface area contributed by atoms with E-state index in [1.165, 1.54) is 16.6 Å². The topological polar surface area (TPSA) is 93.9 Å². The Morgan fingerprint density at radius 2 is 2.00 bits per heavy atom. The number of rotatable bonds is 9. The van der Waals surface area contributed by atoms with E-state index in [2.05, 4.69) is 30.9 Å². The summed E-state index contributed by atoms with van der Waals surface area (Å²) in [6, 6.07) is 11.0. The zero-order chi connectivity index (χ0) is 21.3. The summed E-state index contributed by atoms with van der Waals surface area (Å²) in [5.74, 6) is 0.911. The van der Waals surface area contributed by atoms with Gasteiger partial charge in [-0.05, 0) is 55.5 Å². The van der Waals surface area contributed by atoms with Crippen molar-refractivity contribution in [3.63, 3.8) is 0 Å². The molecule has 0 unspecified atom stereocenters. The molecule has 2 heterocycles. The second-order valence-corrected chi connectivity index (χ2v) is 11.4. The van der Waals surface area contributed by atoms with Crippen molar-refractivity contribution in [1.29, 1.82) is 0 Å². The van der Waals surface area contributed by atoms with Crippen LogP contribution in [0.4, 0.5) is 5.69 Å². The van der Waals surface area contributed by atoms with E-state index in [0.717, 1.165) is 36.5 Å². The quantitative estimate of drug-likeness (QED) is 0.382. The Balaban J connectivity index is 1.47. The Kier molecular flexibility index (Phi) is 5.99. The van der Waals surface area contributed by atoms with Crippen LogP contribution in [0.2, 0.25) is 0 Å². The average molecular weight is 463 g/mol. The normalized spacial score (nSPS) is 15.1. The highest BCUT2D eigenvalue weighted by Crippen LogP contribution is 2.40. The van der Waals surface area contributed by atoms with E-state index in [9.17, 15) is 13.2 Å². The van der Waals surface area contributed by atoms with E-state index in [0.29, 0.717) is 17.3 Å². The Labute approximate surface area is 184 Å². The molecule has 1 aliphatic carbocycles. The number of carbonyl (C=O) groups is 1. The van der Waals surface area contributed by atoms with Crippen LogP contribution in [0.1, 0.15) is 46.9 Å². The number of anilines is 1. The Bertz CT molecular complexity index is 1130. The minimum atomic E-state index is -3.35. The van der Waals surface area contributed by atoms with Gasteiger partial charge in [0.1, 0.15) is 5.82 Å². The molecule has 1 saturated carbocycles. The number of thiophene rings is 1. The highest BCUT2D eigenvalue weighted by molar-refractivity contribution is 8.00. The number of carbonyl (C=O) groups excluding carboxylic acids is 1. The van der Waals surface area contributed by atoms with Gasteiger partial charge in [0.2, 0.25) is 10.0 Å². The highest BCUT2D eigenvalue weighted by Gasteiger charge is 2.31. The molecule has 10 heteroatoms. The van der Waals surface area contributed by atoms with Crippen LogP contribution >= 0.6 is 23.1 Å². The fourth-order valence-electron chi connectivity index (χ4n) is 3.14. The van der Waals surface area contributed by atoms with Crippen molar-refractivity contribution >= 4 is 44.6 Å². The number of sulfonamides is 1. The van der Waals surface area contributed by atoms with Gasteiger partial charge in [0.05, 0.1) is 11.5 Å². The van der Waals surface area contributed by atoms with Crippen molar-refractivity contribution in [3.05, 3.63) is 58.0 Å². The largest absolute Gasteiger partial charge is 0.303 e. The van der Waals surface area contributed by atoms with E-state index >= 15 is 0 Å². The average Bonchev–Trinajstić information content (AvgIpc) is 3.24. The molecule has 1 fully saturated rings. The van der Waals surface area contributed by atoms with Crippen LogP contribution in [0.5, 0.6) is 0 Å². The van der Waals surface area contributed by atoms with Crippen molar-refractivity contribution in [1.82, 2.24) is 14.8 Å². The predicted molar refractivity (Wildman–Crippen MR) is 120 cm³/mol. The maximum absolute atomic E-state index is 12.9. The van der Waals surface area contributed by atoms with Gasteiger partial charge < -0.3 is 4.57 Å². The van der Waals surface area contributed by atoms with Gasteiger partial charge in [0.25, 0.3) is 0 Å². The lowest BCUT2D eigenvalue weighted by Gasteiger charge is -2.13. The molecule has 0 spiro atoms. The molecule has 1 aliphatic rings. The van der Waals surface area contributed by atoms with E-state index in [4.69, 9.17) is 0 Å². The SMILES string of the molecule is C[C@H](Sc1nnc(Cc2cccs2)n1C1CC1)C(=O)c1ccc(NS(C)(=O)=O)cc1. The summed E-state index contributed by atoms with van der Waals surface area (Å²) in [7, 11) is -3.35. The molecule has 30 heavy (non-hydrogen) atoms. The molecule has 1 atom stereocenters. The summed E-state index contributed by atoms with van der Waals surface area (Å²) in [6.07, 6.45) is 4.06. The first-order valence-electron chi connectivity index (χ1n) is 9.55. The third kappa shape index (κ3) is 5.11. The number of thioether (sulfide) groups is 1.